The third-order valence-corrected chi connectivity index (χ3v) is 9.38. The van der Waals surface area contributed by atoms with Crippen LogP contribution in [0.25, 0.3) is 0 Å². The van der Waals surface area contributed by atoms with Crippen molar-refractivity contribution in [2.75, 3.05) is 37.7 Å². The summed E-state index contributed by atoms with van der Waals surface area (Å²) >= 11 is 0. The second-order valence-corrected chi connectivity index (χ2v) is 12.2. The number of nitrogens with zero attached hydrogens (tertiary/aromatic N) is 3. The highest BCUT2D eigenvalue weighted by Gasteiger charge is 2.54. The highest BCUT2D eigenvalue weighted by atomic mass is 16.2. The molecule has 3 aliphatic rings. The molecular formula is C34H46N4O3. The van der Waals surface area contributed by atoms with Gasteiger partial charge < -0.3 is 20.0 Å². The molecule has 2 heterocycles. The Bertz CT molecular complexity index is 1170. The highest BCUT2D eigenvalue weighted by Crippen LogP contribution is 2.39. The number of amides is 3. The van der Waals surface area contributed by atoms with Crippen molar-refractivity contribution in [3.63, 3.8) is 0 Å². The Kier molecular flexibility index (Phi) is 9.63. The fourth-order valence-corrected chi connectivity index (χ4v) is 6.86. The van der Waals surface area contributed by atoms with Gasteiger partial charge in [0.15, 0.2) is 0 Å². The number of unbranched alkanes of at least 4 members (excludes halogenated alkanes) is 2. The van der Waals surface area contributed by atoms with E-state index in [1.165, 1.54) is 56.9 Å². The molecule has 1 aliphatic carbocycles. The molecule has 7 heteroatoms. The van der Waals surface area contributed by atoms with Crippen LogP contribution < -0.4 is 10.2 Å². The summed E-state index contributed by atoms with van der Waals surface area (Å²) in [7, 11) is 0. The molecule has 1 saturated carbocycles. The summed E-state index contributed by atoms with van der Waals surface area (Å²) in [6.07, 6.45) is 11.8. The maximum atomic E-state index is 14.0. The van der Waals surface area contributed by atoms with Gasteiger partial charge in [0.25, 0.3) is 11.8 Å². The van der Waals surface area contributed by atoms with Crippen LogP contribution in [0.1, 0.15) is 87.1 Å². The summed E-state index contributed by atoms with van der Waals surface area (Å²) in [5, 5.41) is 3.10. The summed E-state index contributed by atoms with van der Waals surface area (Å²) in [5.41, 5.74) is 2.20. The predicted octanol–water partition coefficient (Wildman–Crippen LogP) is 5.40. The summed E-state index contributed by atoms with van der Waals surface area (Å²) in [6, 6.07) is 18.0. The van der Waals surface area contributed by atoms with Crippen molar-refractivity contribution in [2.24, 2.45) is 5.92 Å². The Labute approximate surface area is 245 Å². The number of carbonyl (C=O) groups excluding carboxylic acids is 3. The predicted molar refractivity (Wildman–Crippen MR) is 163 cm³/mol. The molecule has 0 unspecified atom stereocenters. The number of hydrogen-bond acceptors (Lipinski definition) is 4. The zero-order chi connectivity index (χ0) is 28.7. The molecule has 2 saturated heterocycles. The van der Waals surface area contributed by atoms with Crippen molar-refractivity contribution in [3.8, 4) is 0 Å². The first-order valence-electron chi connectivity index (χ1n) is 15.8. The minimum atomic E-state index is -0.745. The Hall–Kier alpha value is -3.35. The van der Waals surface area contributed by atoms with E-state index in [0.29, 0.717) is 50.6 Å². The summed E-state index contributed by atoms with van der Waals surface area (Å²) in [4.78, 5) is 46.1. The van der Waals surface area contributed by atoms with Crippen molar-refractivity contribution in [2.45, 2.75) is 83.1 Å². The average molecular weight is 559 g/mol. The van der Waals surface area contributed by atoms with Crippen LogP contribution in [0, 0.1) is 5.92 Å². The largest absolute Gasteiger partial charge is 0.354 e. The van der Waals surface area contributed by atoms with Crippen LogP contribution in [-0.4, -0.2) is 65.9 Å². The lowest BCUT2D eigenvalue weighted by Gasteiger charge is -2.43. The number of piperidine rings is 1. The van der Waals surface area contributed by atoms with E-state index >= 15 is 0 Å². The van der Waals surface area contributed by atoms with Crippen molar-refractivity contribution >= 4 is 23.4 Å². The molecule has 5 rings (SSSR count). The van der Waals surface area contributed by atoms with Gasteiger partial charge >= 0.3 is 0 Å². The van der Waals surface area contributed by atoms with Crippen molar-refractivity contribution in [3.05, 3.63) is 65.7 Å². The molecular weight excluding hydrogens is 512 g/mol. The first-order chi connectivity index (χ1) is 20.0. The van der Waals surface area contributed by atoms with Gasteiger partial charge in [0.2, 0.25) is 5.91 Å². The molecule has 220 valence electrons. The minimum Gasteiger partial charge on any atom is -0.354 e. The fraction of sp³-hybridized carbons (Fsp3) is 0.559. The van der Waals surface area contributed by atoms with Gasteiger partial charge in [-0.05, 0) is 74.3 Å². The number of likely N-dealkylation sites (tertiary alicyclic amines) is 1. The third-order valence-electron chi connectivity index (χ3n) is 9.38. The molecule has 41 heavy (non-hydrogen) atoms. The van der Waals surface area contributed by atoms with E-state index in [0.717, 1.165) is 12.1 Å². The average Bonchev–Trinajstić information content (AvgIpc) is 3.27. The van der Waals surface area contributed by atoms with E-state index in [4.69, 9.17) is 0 Å². The van der Waals surface area contributed by atoms with Gasteiger partial charge in [-0.2, -0.15) is 0 Å². The molecule has 0 aromatic heterocycles. The topological polar surface area (TPSA) is 73.0 Å². The standard InChI is InChI=1S/C34H46N4O3/c1-2-3-6-11-27-16-18-29(19-17-27)32(40)36-22-20-34(21-23-36)33(41)37(26-38(34)30-14-9-5-10-15-30)25-31(39)35-24-28-12-7-4-8-13-28/h5,9-10,14-19,28H,2-4,6-8,11-13,20-26H2,1H3,(H,35,39). The van der Waals surface area contributed by atoms with Crippen molar-refractivity contribution in [1.82, 2.24) is 15.1 Å². The number of carbonyl (C=O) groups is 3. The van der Waals surface area contributed by atoms with Gasteiger partial charge in [-0.15, -0.1) is 0 Å². The van der Waals surface area contributed by atoms with Gasteiger partial charge in [0, 0.05) is 30.9 Å². The third kappa shape index (κ3) is 6.77. The Morgan fingerprint density at radius 1 is 0.927 bits per heavy atom. The molecule has 2 aromatic rings. The first-order valence-corrected chi connectivity index (χ1v) is 15.8. The highest BCUT2D eigenvalue weighted by molar-refractivity contribution is 5.97. The van der Waals surface area contributed by atoms with Gasteiger partial charge in [-0.1, -0.05) is 69.4 Å². The summed E-state index contributed by atoms with van der Waals surface area (Å²) in [5.74, 6) is 0.487. The Morgan fingerprint density at radius 3 is 2.32 bits per heavy atom. The van der Waals surface area contributed by atoms with Crippen LogP contribution in [0.2, 0.25) is 0 Å². The van der Waals surface area contributed by atoms with E-state index < -0.39 is 5.54 Å². The normalized spacial score (nSPS) is 19.1. The molecule has 3 fully saturated rings. The Morgan fingerprint density at radius 2 is 1.63 bits per heavy atom. The van der Waals surface area contributed by atoms with Crippen LogP contribution in [0.4, 0.5) is 5.69 Å². The molecule has 7 nitrogen and oxygen atoms in total. The lowest BCUT2D eigenvalue weighted by molar-refractivity contribution is -0.137. The van der Waals surface area contributed by atoms with E-state index in [1.54, 1.807) is 4.90 Å². The summed E-state index contributed by atoms with van der Waals surface area (Å²) in [6.45, 7) is 4.37. The fourth-order valence-electron chi connectivity index (χ4n) is 6.86. The number of rotatable bonds is 10. The second-order valence-electron chi connectivity index (χ2n) is 12.2. The van der Waals surface area contributed by atoms with Crippen LogP contribution in [-0.2, 0) is 16.0 Å². The van der Waals surface area contributed by atoms with E-state index in [1.807, 2.05) is 47.4 Å². The van der Waals surface area contributed by atoms with Gasteiger partial charge in [-0.25, -0.2) is 0 Å². The summed E-state index contributed by atoms with van der Waals surface area (Å²) < 4.78 is 0. The zero-order valence-corrected chi connectivity index (χ0v) is 24.7. The zero-order valence-electron chi connectivity index (χ0n) is 24.7. The van der Waals surface area contributed by atoms with Crippen LogP contribution in [0.5, 0.6) is 0 Å². The lowest BCUT2D eigenvalue weighted by atomic mass is 9.85. The maximum absolute atomic E-state index is 14.0. The second kappa shape index (κ2) is 13.5. The van der Waals surface area contributed by atoms with Gasteiger partial charge in [-0.3, -0.25) is 14.4 Å². The van der Waals surface area contributed by atoms with Crippen molar-refractivity contribution in [1.29, 1.82) is 0 Å². The maximum Gasteiger partial charge on any atom is 0.253 e. The number of nitrogens with one attached hydrogen (secondary N) is 1. The van der Waals surface area contributed by atoms with Crippen LogP contribution >= 0.6 is 0 Å². The van der Waals surface area contributed by atoms with E-state index in [-0.39, 0.29) is 24.3 Å². The number of benzene rings is 2. The molecule has 1 spiro atoms. The molecule has 0 radical (unpaired) electrons. The molecule has 0 bridgehead atoms. The van der Waals surface area contributed by atoms with E-state index in [2.05, 4.69) is 29.3 Å². The molecule has 0 atom stereocenters. The van der Waals surface area contributed by atoms with Crippen molar-refractivity contribution < 1.29 is 14.4 Å². The first kappa shape index (κ1) is 29.2. The van der Waals surface area contributed by atoms with Gasteiger partial charge in [0.1, 0.15) is 12.1 Å². The van der Waals surface area contributed by atoms with Gasteiger partial charge in [0.05, 0.1) is 6.67 Å². The lowest BCUT2D eigenvalue weighted by Crippen LogP contribution is -2.57. The Balaban J connectivity index is 1.23. The molecule has 3 amide bonds. The van der Waals surface area contributed by atoms with Crippen LogP contribution in [0.15, 0.2) is 54.6 Å². The molecule has 1 N–H and O–H groups in total. The number of aryl methyl sites for hydroxylation is 1. The monoisotopic (exact) mass is 558 g/mol. The number of hydrogen-bond donors (Lipinski definition) is 1. The SMILES string of the molecule is CCCCCc1ccc(C(=O)N2CCC3(CC2)C(=O)N(CC(=O)NCC2CCCCC2)CN3c2ccccc2)cc1. The van der Waals surface area contributed by atoms with Crippen LogP contribution in [0.3, 0.4) is 0 Å². The smallest absolute Gasteiger partial charge is 0.253 e. The van der Waals surface area contributed by atoms with E-state index in [9.17, 15) is 14.4 Å². The molecule has 2 aliphatic heterocycles. The number of anilines is 1. The quantitative estimate of drug-likeness (QED) is 0.397. The number of para-hydroxylation sites is 1. The minimum absolute atomic E-state index is 0.00213. The molecule has 2 aromatic carbocycles.